The Hall–Kier alpha value is -1.54. The lowest BCUT2D eigenvalue weighted by atomic mass is 9.98. The highest BCUT2D eigenvalue weighted by atomic mass is 16.6. The molecule has 0 spiro atoms. The first-order valence-corrected chi connectivity index (χ1v) is 6.98. The van der Waals surface area contributed by atoms with Crippen molar-refractivity contribution in [1.82, 2.24) is 16.2 Å². The van der Waals surface area contributed by atoms with Crippen molar-refractivity contribution in [2.24, 2.45) is 5.92 Å². The number of carbonyl (C=O) groups excluding carboxylic acids is 2. The van der Waals surface area contributed by atoms with Gasteiger partial charge < -0.3 is 19.9 Å². The van der Waals surface area contributed by atoms with Gasteiger partial charge in [-0.1, -0.05) is 13.8 Å². The smallest absolute Gasteiger partial charge is 0.423 e. The Kier molecular flexibility index (Phi) is 5.79. The van der Waals surface area contributed by atoms with Gasteiger partial charge in [-0.15, -0.1) is 0 Å². The van der Waals surface area contributed by atoms with Crippen LogP contribution >= 0.6 is 0 Å². The molecule has 2 amide bonds. The molecule has 0 bridgehead atoms. The Morgan fingerprint density at radius 1 is 1.48 bits per heavy atom. The van der Waals surface area contributed by atoms with E-state index < -0.39 is 36.2 Å². The number of ether oxygens (including phenoxy) is 2. The van der Waals surface area contributed by atoms with Crippen molar-refractivity contribution in [3.05, 3.63) is 0 Å². The molecule has 0 aromatic rings. The Balaban J connectivity index is 2.66. The van der Waals surface area contributed by atoms with Crippen molar-refractivity contribution >= 4 is 12.2 Å². The first kappa shape index (κ1) is 17.5. The van der Waals surface area contributed by atoms with Crippen molar-refractivity contribution < 1.29 is 24.2 Å². The molecule has 1 aliphatic rings. The lowest BCUT2D eigenvalue weighted by Crippen LogP contribution is -2.53. The molecule has 122 valence electrons. The SMILES string of the molecule is CC(C)C[C@H](NC(=O)OC(C)(C)C)C(O)C1NNC(=O)O1. The van der Waals surface area contributed by atoms with E-state index in [-0.39, 0.29) is 5.92 Å². The van der Waals surface area contributed by atoms with Crippen LogP contribution in [0.5, 0.6) is 0 Å². The number of amides is 2. The van der Waals surface area contributed by atoms with Crippen LogP contribution in [0.2, 0.25) is 0 Å². The fourth-order valence-electron chi connectivity index (χ4n) is 1.92. The summed E-state index contributed by atoms with van der Waals surface area (Å²) in [5, 5.41) is 12.9. The zero-order valence-corrected chi connectivity index (χ0v) is 13.1. The fourth-order valence-corrected chi connectivity index (χ4v) is 1.92. The summed E-state index contributed by atoms with van der Waals surface area (Å²) in [6.07, 6.45) is -2.80. The molecule has 0 aromatic carbocycles. The van der Waals surface area contributed by atoms with Crippen LogP contribution in [0, 0.1) is 5.92 Å². The summed E-state index contributed by atoms with van der Waals surface area (Å²) in [6.45, 7) is 9.19. The second kappa shape index (κ2) is 6.95. The lowest BCUT2D eigenvalue weighted by Gasteiger charge is -2.29. The highest BCUT2D eigenvalue weighted by molar-refractivity contribution is 5.69. The number of nitrogens with one attached hydrogen (secondary N) is 3. The van der Waals surface area contributed by atoms with Crippen molar-refractivity contribution in [2.45, 2.75) is 65.0 Å². The summed E-state index contributed by atoms with van der Waals surface area (Å²) in [5.41, 5.74) is 4.12. The molecule has 0 saturated carbocycles. The molecule has 1 rings (SSSR count). The van der Waals surface area contributed by atoms with Crippen molar-refractivity contribution in [1.29, 1.82) is 0 Å². The topological polar surface area (TPSA) is 109 Å². The minimum Gasteiger partial charge on any atom is -0.444 e. The minimum absolute atomic E-state index is 0.227. The molecule has 0 aliphatic carbocycles. The van der Waals surface area contributed by atoms with E-state index in [0.717, 1.165) is 0 Å². The van der Waals surface area contributed by atoms with Gasteiger partial charge in [0.2, 0.25) is 0 Å². The number of hydrogen-bond donors (Lipinski definition) is 4. The number of cyclic esters (lactones) is 1. The Morgan fingerprint density at radius 3 is 2.52 bits per heavy atom. The van der Waals surface area contributed by atoms with Crippen molar-refractivity contribution in [3.8, 4) is 0 Å². The van der Waals surface area contributed by atoms with Gasteiger partial charge in [-0.25, -0.2) is 9.59 Å². The monoisotopic (exact) mass is 303 g/mol. The Labute approximate surface area is 124 Å². The predicted octanol–water partition coefficient (Wildman–Crippen LogP) is 0.857. The normalized spacial score (nSPS) is 21.5. The molecule has 1 aliphatic heterocycles. The number of hydrazine groups is 1. The molecular weight excluding hydrogens is 278 g/mol. The highest BCUT2D eigenvalue weighted by Crippen LogP contribution is 2.15. The second-order valence-electron chi connectivity index (χ2n) is 6.47. The van der Waals surface area contributed by atoms with Crippen LogP contribution < -0.4 is 16.2 Å². The molecule has 2 unspecified atom stereocenters. The lowest BCUT2D eigenvalue weighted by molar-refractivity contribution is -0.0147. The number of rotatable bonds is 5. The molecule has 1 fully saturated rings. The minimum atomic E-state index is -1.10. The summed E-state index contributed by atoms with van der Waals surface area (Å²) in [7, 11) is 0. The standard InChI is InChI=1S/C13H25N3O5/c1-7(2)6-8(14-11(18)21-13(3,4)5)9(17)10-15-16-12(19)20-10/h7-10,15,17H,6H2,1-5H3,(H,14,18)(H,16,19)/t8-,9?,10?/m0/s1. The third-order valence-corrected chi connectivity index (χ3v) is 2.70. The maximum absolute atomic E-state index is 11.8. The maximum Gasteiger partial charge on any atom is 0.423 e. The summed E-state index contributed by atoms with van der Waals surface area (Å²) in [4.78, 5) is 22.8. The van der Waals surface area contributed by atoms with Crippen LogP contribution in [0.25, 0.3) is 0 Å². The van der Waals surface area contributed by atoms with Gasteiger partial charge in [0.1, 0.15) is 11.7 Å². The molecule has 8 heteroatoms. The molecule has 1 saturated heterocycles. The molecule has 1 heterocycles. The van der Waals surface area contributed by atoms with E-state index in [4.69, 9.17) is 9.47 Å². The number of alkyl carbamates (subject to hydrolysis) is 1. The molecule has 8 nitrogen and oxygen atoms in total. The van der Waals surface area contributed by atoms with Gasteiger partial charge in [0.05, 0.1) is 6.04 Å². The largest absolute Gasteiger partial charge is 0.444 e. The molecule has 3 atom stereocenters. The van der Waals surface area contributed by atoms with Crippen molar-refractivity contribution in [2.75, 3.05) is 0 Å². The molecule has 4 N–H and O–H groups in total. The first-order valence-electron chi connectivity index (χ1n) is 6.98. The predicted molar refractivity (Wildman–Crippen MR) is 75.2 cm³/mol. The van der Waals surface area contributed by atoms with Gasteiger partial charge in [0.15, 0.2) is 6.23 Å². The maximum atomic E-state index is 11.8. The van der Waals surface area contributed by atoms with Crippen LogP contribution in [0.4, 0.5) is 9.59 Å². The first-order chi connectivity index (χ1) is 9.58. The second-order valence-corrected chi connectivity index (χ2v) is 6.47. The van der Waals surface area contributed by atoms with E-state index in [1.807, 2.05) is 13.8 Å². The van der Waals surface area contributed by atoms with Crippen LogP contribution in [0.3, 0.4) is 0 Å². The number of aliphatic hydroxyl groups is 1. The summed E-state index contributed by atoms with van der Waals surface area (Å²) in [5.74, 6) is 0.227. The Morgan fingerprint density at radius 2 is 2.10 bits per heavy atom. The van der Waals surface area contributed by atoms with Gasteiger partial charge in [0.25, 0.3) is 0 Å². The summed E-state index contributed by atoms with van der Waals surface area (Å²) < 4.78 is 10.0. The van der Waals surface area contributed by atoms with Crippen LogP contribution in [0.1, 0.15) is 41.0 Å². The summed E-state index contributed by atoms with van der Waals surface area (Å²) >= 11 is 0. The van der Waals surface area contributed by atoms with E-state index in [1.54, 1.807) is 20.8 Å². The zero-order valence-electron chi connectivity index (χ0n) is 13.1. The quantitative estimate of drug-likeness (QED) is 0.600. The van der Waals surface area contributed by atoms with Crippen LogP contribution in [-0.4, -0.2) is 41.3 Å². The highest BCUT2D eigenvalue weighted by Gasteiger charge is 2.36. The molecule has 0 aromatic heterocycles. The number of aliphatic hydroxyl groups excluding tert-OH is 1. The molecule has 0 radical (unpaired) electrons. The average molecular weight is 303 g/mol. The zero-order chi connectivity index (χ0) is 16.2. The van der Waals surface area contributed by atoms with Crippen LogP contribution in [0.15, 0.2) is 0 Å². The van der Waals surface area contributed by atoms with Gasteiger partial charge >= 0.3 is 12.2 Å². The van der Waals surface area contributed by atoms with Gasteiger partial charge in [0, 0.05) is 0 Å². The van der Waals surface area contributed by atoms with E-state index >= 15 is 0 Å². The van der Waals surface area contributed by atoms with E-state index in [0.29, 0.717) is 6.42 Å². The van der Waals surface area contributed by atoms with Gasteiger partial charge in [-0.3, -0.25) is 5.43 Å². The van der Waals surface area contributed by atoms with Crippen LogP contribution in [-0.2, 0) is 9.47 Å². The number of carbonyl (C=O) groups is 2. The summed E-state index contributed by atoms with van der Waals surface area (Å²) in [6, 6.07) is -0.606. The van der Waals surface area contributed by atoms with E-state index in [1.165, 1.54) is 0 Å². The number of hydrogen-bond acceptors (Lipinski definition) is 6. The molecule has 21 heavy (non-hydrogen) atoms. The van der Waals surface area contributed by atoms with Gasteiger partial charge in [-0.2, -0.15) is 5.43 Å². The Bertz CT molecular complexity index is 380. The third kappa shape index (κ3) is 6.17. The third-order valence-electron chi connectivity index (χ3n) is 2.70. The van der Waals surface area contributed by atoms with Crippen molar-refractivity contribution in [3.63, 3.8) is 0 Å². The van der Waals surface area contributed by atoms with E-state index in [9.17, 15) is 14.7 Å². The van der Waals surface area contributed by atoms with Gasteiger partial charge in [-0.05, 0) is 33.1 Å². The molecular formula is C13H25N3O5. The van der Waals surface area contributed by atoms with E-state index in [2.05, 4.69) is 16.2 Å². The average Bonchev–Trinajstić information content (AvgIpc) is 2.70. The fraction of sp³-hybridized carbons (Fsp3) is 0.846.